The van der Waals surface area contributed by atoms with Crippen LogP contribution in [-0.2, 0) is 6.61 Å². The van der Waals surface area contributed by atoms with Gasteiger partial charge in [-0.3, -0.25) is 0 Å². The molecule has 13 heavy (non-hydrogen) atoms. The number of aliphatic hydroxyl groups excluding tert-OH is 1. The van der Waals surface area contributed by atoms with E-state index in [9.17, 15) is 0 Å². The second-order valence-corrected chi connectivity index (χ2v) is 3.70. The normalized spacial score (nSPS) is 13.6. The highest BCUT2D eigenvalue weighted by Gasteiger charge is 2.11. The van der Waals surface area contributed by atoms with Crippen molar-refractivity contribution in [1.29, 1.82) is 0 Å². The van der Waals surface area contributed by atoms with Crippen LogP contribution in [0.2, 0.25) is 0 Å². The molecule has 0 amide bonds. The third kappa shape index (κ3) is 2.86. The van der Waals surface area contributed by atoms with E-state index in [0.29, 0.717) is 11.7 Å². The van der Waals surface area contributed by atoms with Gasteiger partial charge in [-0.2, -0.15) is 0 Å². The summed E-state index contributed by atoms with van der Waals surface area (Å²) in [5.41, 5.74) is 5.89. The number of furan rings is 1. The summed E-state index contributed by atoms with van der Waals surface area (Å²) in [7, 11) is 0. The maximum absolute atomic E-state index is 8.78. The Morgan fingerprint density at radius 1 is 1.46 bits per heavy atom. The van der Waals surface area contributed by atoms with Crippen LogP contribution in [0.3, 0.4) is 0 Å². The Hall–Kier alpha value is -0.800. The second-order valence-electron chi connectivity index (χ2n) is 3.70. The first kappa shape index (κ1) is 10.3. The van der Waals surface area contributed by atoms with E-state index in [0.717, 1.165) is 12.2 Å². The van der Waals surface area contributed by atoms with Gasteiger partial charge in [0, 0.05) is 0 Å². The molecule has 0 saturated carbocycles. The molecule has 74 valence electrons. The van der Waals surface area contributed by atoms with Crippen LogP contribution in [0.15, 0.2) is 16.5 Å². The predicted molar refractivity (Wildman–Crippen MR) is 51.0 cm³/mol. The van der Waals surface area contributed by atoms with Gasteiger partial charge in [0.05, 0.1) is 6.04 Å². The molecule has 0 aliphatic heterocycles. The van der Waals surface area contributed by atoms with Gasteiger partial charge in [0.15, 0.2) is 0 Å². The van der Waals surface area contributed by atoms with Gasteiger partial charge in [-0.25, -0.2) is 0 Å². The van der Waals surface area contributed by atoms with Crippen molar-refractivity contribution in [2.45, 2.75) is 32.9 Å². The van der Waals surface area contributed by atoms with Crippen LogP contribution < -0.4 is 5.73 Å². The molecule has 3 nitrogen and oxygen atoms in total. The molecular formula is C10H17NO2. The lowest BCUT2D eigenvalue weighted by Gasteiger charge is -2.10. The second kappa shape index (κ2) is 4.44. The highest BCUT2D eigenvalue weighted by Crippen LogP contribution is 2.20. The molecule has 3 N–H and O–H groups in total. The smallest absolute Gasteiger partial charge is 0.129 e. The minimum absolute atomic E-state index is 0.0553. The monoisotopic (exact) mass is 183 g/mol. The molecule has 0 aromatic carbocycles. The summed E-state index contributed by atoms with van der Waals surface area (Å²) in [5.74, 6) is 1.89. The Labute approximate surface area is 78.5 Å². The van der Waals surface area contributed by atoms with E-state index in [2.05, 4.69) is 13.8 Å². The minimum atomic E-state index is -0.0611. The Balaban J connectivity index is 2.60. The lowest BCUT2D eigenvalue weighted by Crippen LogP contribution is -2.11. The molecule has 0 fully saturated rings. The van der Waals surface area contributed by atoms with E-state index >= 15 is 0 Å². The first-order valence-corrected chi connectivity index (χ1v) is 4.58. The van der Waals surface area contributed by atoms with Crippen LogP contribution >= 0.6 is 0 Å². The van der Waals surface area contributed by atoms with Gasteiger partial charge in [0.25, 0.3) is 0 Å². The summed E-state index contributed by atoms with van der Waals surface area (Å²) < 4.78 is 5.32. The zero-order valence-electron chi connectivity index (χ0n) is 8.16. The lowest BCUT2D eigenvalue weighted by molar-refractivity contribution is 0.240. The molecular weight excluding hydrogens is 166 g/mol. The van der Waals surface area contributed by atoms with Crippen molar-refractivity contribution in [3.8, 4) is 0 Å². The van der Waals surface area contributed by atoms with Crippen molar-refractivity contribution >= 4 is 0 Å². The molecule has 0 unspecified atom stereocenters. The van der Waals surface area contributed by atoms with Crippen LogP contribution in [0.1, 0.15) is 37.8 Å². The molecule has 1 aromatic rings. The number of rotatable bonds is 4. The molecule has 0 bridgehead atoms. The van der Waals surface area contributed by atoms with Gasteiger partial charge in [-0.1, -0.05) is 13.8 Å². The largest absolute Gasteiger partial charge is 0.462 e. The van der Waals surface area contributed by atoms with E-state index in [1.165, 1.54) is 0 Å². The van der Waals surface area contributed by atoms with E-state index < -0.39 is 0 Å². The number of hydrogen-bond donors (Lipinski definition) is 2. The molecule has 3 heteroatoms. The van der Waals surface area contributed by atoms with Gasteiger partial charge in [0.1, 0.15) is 18.1 Å². The van der Waals surface area contributed by atoms with Crippen molar-refractivity contribution in [1.82, 2.24) is 0 Å². The predicted octanol–water partition coefficient (Wildman–Crippen LogP) is 1.82. The van der Waals surface area contributed by atoms with E-state index in [1.807, 2.05) is 6.07 Å². The van der Waals surface area contributed by atoms with Crippen LogP contribution in [0.25, 0.3) is 0 Å². The molecule has 0 radical (unpaired) electrons. The molecule has 1 rings (SSSR count). The standard InChI is InChI=1S/C10H17NO2/c1-7(2)5-9(11)10-4-3-8(6-12)13-10/h3-4,7,9,12H,5-6,11H2,1-2H3/t9-/m0/s1. The third-order valence-electron chi connectivity index (χ3n) is 1.93. The zero-order chi connectivity index (χ0) is 9.84. The van der Waals surface area contributed by atoms with Crippen LogP contribution in [0.4, 0.5) is 0 Å². The summed E-state index contributed by atoms with van der Waals surface area (Å²) in [6.07, 6.45) is 0.901. The van der Waals surface area contributed by atoms with Crippen molar-refractivity contribution in [2.24, 2.45) is 11.7 Å². The number of aliphatic hydroxyl groups is 1. The third-order valence-corrected chi connectivity index (χ3v) is 1.93. The van der Waals surface area contributed by atoms with Crippen molar-refractivity contribution in [2.75, 3.05) is 0 Å². The van der Waals surface area contributed by atoms with Crippen molar-refractivity contribution in [3.63, 3.8) is 0 Å². The quantitative estimate of drug-likeness (QED) is 0.748. The molecule has 1 aromatic heterocycles. The Morgan fingerprint density at radius 2 is 2.15 bits per heavy atom. The summed E-state index contributed by atoms with van der Waals surface area (Å²) in [6, 6.07) is 3.54. The van der Waals surface area contributed by atoms with Crippen molar-refractivity contribution < 1.29 is 9.52 Å². The van der Waals surface area contributed by atoms with Gasteiger partial charge in [-0.15, -0.1) is 0 Å². The van der Waals surface area contributed by atoms with Crippen LogP contribution in [-0.4, -0.2) is 5.11 Å². The fourth-order valence-corrected chi connectivity index (χ4v) is 1.30. The first-order chi connectivity index (χ1) is 6.13. The number of nitrogens with two attached hydrogens (primary N) is 1. The van der Waals surface area contributed by atoms with Gasteiger partial charge < -0.3 is 15.3 Å². The first-order valence-electron chi connectivity index (χ1n) is 4.58. The zero-order valence-corrected chi connectivity index (χ0v) is 8.16. The fraction of sp³-hybridized carbons (Fsp3) is 0.600. The average molecular weight is 183 g/mol. The maximum Gasteiger partial charge on any atom is 0.129 e. The Bertz CT molecular complexity index is 255. The average Bonchev–Trinajstić information content (AvgIpc) is 2.50. The summed E-state index contributed by atoms with van der Waals surface area (Å²) >= 11 is 0. The molecule has 1 atom stereocenters. The van der Waals surface area contributed by atoms with Gasteiger partial charge >= 0.3 is 0 Å². The molecule has 0 spiro atoms. The summed E-state index contributed by atoms with van der Waals surface area (Å²) in [5, 5.41) is 8.78. The summed E-state index contributed by atoms with van der Waals surface area (Å²) in [6.45, 7) is 4.18. The topological polar surface area (TPSA) is 59.4 Å². The SMILES string of the molecule is CC(C)C[C@H](N)c1ccc(CO)o1. The Kier molecular flexibility index (Phi) is 3.51. The van der Waals surface area contributed by atoms with Gasteiger partial charge in [0.2, 0.25) is 0 Å². The molecule has 0 aliphatic rings. The van der Waals surface area contributed by atoms with E-state index in [1.54, 1.807) is 6.07 Å². The maximum atomic E-state index is 8.78. The van der Waals surface area contributed by atoms with Crippen LogP contribution in [0, 0.1) is 5.92 Å². The Morgan fingerprint density at radius 3 is 2.62 bits per heavy atom. The van der Waals surface area contributed by atoms with E-state index in [4.69, 9.17) is 15.3 Å². The molecule has 0 aliphatic carbocycles. The highest BCUT2D eigenvalue weighted by atomic mass is 16.4. The van der Waals surface area contributed by atoms with Gasteiger partial charge in [-0.05, 0) is 24.5 Å². The highest BCUT2D eigenvalue weighted by molar-refractivity contribution is 5.09. The summed E-state index contributed by atoms with van der Waals surface area (Å²) in [4.78, 5) is 0. The van der Waals surface area contributed by atoms with Crippen LogP contribution in [0.5, 0.6) is 0 Å². The molecule has 0 saturated heterocycles. The fourth-order valence-electron chi connectivity index (χ4n) is 1.30. The van der Waals surface area contributed by atoms with E-state index in [-0.39, 0.29) is 12.6 Å². The lowest BCUT2D eigenvalue weighted by atomic mass is 10.0. The minimum Gasteiger partial charge on any atom is -0.462 e. The van der Waals surface area contributed by atoms with Crippen molar-refractivity contribution in [3.05, 3.63) is 23.7 Å². The molecule has 1 heterocycles. The number of hydrogen-bond acceptors (Lipinski definition) is 3.